The summed E-state index contributed by atoms with van der Waals surface area (Å²) in [5, 5.41) is 4.60. The molecule has 0 aliphatic rings. The van der Waals surface area contributed by atoms with Gasteiger partial charge in [0.2, 0.25) is 10.0 Å². The molecule has 0 saturated carbocycles. The molecule has 88 valence electrons. The molecule has 5 heteroatoms. The Balaban J connectivity index is 2.75. The lowest BCUT2D eigenvalue weighted by atomic mass is 10.1. The standard InChI is InChI=1S/C11H16N2O2S/c1-2-3-7-11(16(12,14)15)9-10-6-4-5-8-13-10/h2,4-6,8,11H,1,3,7,9H2,(H2,12,14,15)/t11-/m1/s1. The summed E-state index contributed by atoms with van der Waals surface area (Å²) < 4.78 is 22.7. The van der Waals surface area contributed by atoms with Gasteiger partial charge in [0.1, 0.15) is 0 Å². The number of rotatable bonds is 6. The third-order valence-corrected chi connectivity index (χ3v) is 3.65. The fourth-order valence-electron chi connectivity index (χ4n) is 1.44. The van der Waals surface area contributed by atoms with Crippen LogP contribution in [0.25, 0.3) is 0 Å². The Morgan fingerprint density at radius 2 is 2.25 bits per heavy atom. The van der Waals surface area contributed by atoms with Crippen molar-refractivity contribution >= 4 is 10.0 Å². The molecular weight excluding hydrogens is 224 g/mol. The van der Waals surface area contributed by atoms with Crippen LogP contribution in [0.2, 0.25) is 0 Å². The number of aromatic nitrogens is 1. The van der Waals surface area contributed by atoms with Crippen LogP contribution in [-0.2, 0) is 16.4 Å². The van der Waals surface area contributed by atoms with E-state index in [0.29, 0.717) is 19.3 Å². The minimum Gasteiger partial charge on any atom is -0.261 e. The van der Waals surface area contributed by atoms with Gasteiger partial charge in [0.05, 0.1) is 5.25 Å². The molecule has 0 amide bonds. The normalized spacial score (nSPS) is 13.3. The Labute approximate surface area is 96.3 Å². The molecular formula is C11H16N2O2S. The average molecular weight is 240 g/mol. The van der Waals surface area contributed by atoms with Crippen LogP contribution in [0.1, 0.15) is 18.5 Å². The van der Waals surface area contributed by atoms with Crippen molar-refractivity contribution in [1.82, 2.24) is 4.98 Å². The van der Waals surface area contributed by atoms with Gasteiger partial charge in [-0.2, -0.15) is 0 Å². The smallest absolute Gasteiger partial charge is 0.212 e. The highest BCUT2D eigenvalue weighted by molar-refractivity contribution is 7.89. The van der Waals surface area contributed by atoms with Crippen molar-refractivity contribution in [3.05, 3.63) is 42.7 Å². The topological polar surface area (TPSA) is 73.0 Å². The van der Waals surface area contributed by atoms with E-state index in [-0.39, 0.29) is 0 Å². The number of primary sulfonamides is 1. The number of nitrogens with two attached hydrogens (primary N) is 1. The molecule has 0 aromatic carbocycles. The second kappa shape index (κ2) is 5.77. The monoisotopic (exact) mass is 240 g/mol. The summed E-state index contributed by atoms with van der Waals surface area (Å²) in [6, 6.07) is 5.42. The van der Waals surface area contributed by atoms with Crippen LogP contribution < -0.4 is 5.14 Å². The van der Waals surface area contributed by atoms with Crippen molar-refractivity contribution < 1.29 is 8.42 Å². The fourth-order valence-corrected chi connectivity index (χ4v) is 2.31. The number of pyridine rings is 1. The lowest BCUT2D eigenvalue weighted by Crippen LogP contribution is -2.30. The molecule has 1 atom stereocenters. The van der Waals surface area contributed by atoms with Crippen LogP contribution in [0.5, 0.6) is 0 Å². The van der Waals surface area contributed by atoms with Crippen LogP contribution in [0, 0.1) is 0 Å². The van der Waals surface area contributed by atoms with E-state index in [0.717, 1.165) is 5.69 Å². The van der Waals surface area contributed by atoms with Crippen LogP contribution in [0.15, 0.2) is 37.1 Å². The highest BCUT2D eigenvalue weighted by Crippen LogP contribution is 2.11. The zero-order valence-corrected chi connectivity index (χ0v) is 9.86. The Hall–Kier alpha value is -1.20. The summed E-state index contributed by atoms with van der Waals surface area (Å²) in [5.74, 6) is 0. The molecule has 2 N–H and O–H groups in total. The second-order valence-corrected chi connectivity index (χ2v) is 5.45. The molecule has 1 heterocycles. The Morgan fingerprint density at radius 3 is 2.75 bits per heavy atom. The Kier molecular flexibility index (Phi) is 4.64. The summed E-state index contributed by atoms with van der Waals surface area (Å²) in [7, 11) is -3.52. The van der Waals surface area contributed by atoms with E-state index < -0.39 is 15.3 Å². The summed E-state index contributed by atoms with van der Waals surface area (Å²) in [6.07, 6.45) is 4.81. The maximum Gasteiger partial charge on any atom is 0.212 e. The van der Waals surface area contributed by atoms with Crippen molar-refractivity contribution in [2.45, 2.75) is 24.5 Å². The maximum absolute atomic E-state index is 11.4. The fraction of sp³-hybridized carbons (Fsp3) is 0.364. The van der Waals surface area contributed by atoms with Gasteiger partial charge in [0.25, 0.3) is 0 Å². The van der Waals surface area contributed by atoms with Gasteiger partial charge in [-0.05, 0) is 25.0 Å². The number of hydrogen-bond acceptors (Lipinski definition) is 3. The van der Waals surface area contributed by atoms with Crippen molar-refractivity contribution in [3.8, 4) is 0 Å². The van der Waals surface area contributed by atoms with Crippen molar-refractivity contribution in [1.29, 1.82) is 0 Å². The van der Waals surface area contributed by atoms with Gasteiger partial charge < -0.3 is 0 Å². The number of sulfonamides is 1. The molecule has 0 saturated heterocycles. The minimum absolute atomic E-state index is 0.355. The molecule has 0 spiro atoms. The first-order chi connectivity index (χ1) is 7.54. The van der Waals surface area contributed by atoms with Gasteiger partial charge in [-0.15, -0.1) is 6.58 Å². The third kappa shape index (κ3) is 4.12. The van der Waals surface area contributed by atoms with Gasteiger partial charge in [-0.1, -0.05) is 12.1 Å². The third-order valence-electron chi connectivity index (χ3n) is 2.32. The van der Waals surface area contributed by atoms with E-state index in [1.165, 1.54) is 0 Å². The summed E-state index contributed by atoms with van der Waals surface area (Å²) in [4.78, 5) is 4.09. The van der Waals surface area contributed by atoms with E-state index in [1.54, 1.807) is 24.4 Å². The van der Waals surface area contributed by atoms with Gasteiger partial charge in [-0.25, -0.2) is 13.6 Å². The highest BCUT2D eigenvalue weighted by atomic mass is 32.2. The summed E-state index contributed by atoms with van der Waals surface area (Å²) in [6.45, 7) is 3.57. The van der Waals surface area contributed by atoms with Crippen LogP contribution in [-0.4, -0.2) is 18.7 Å². The first kappa shape index (κ1) is 12.9. The van der Waals surface area contributed by atoms with Gasteiger partial charge in [0.15, 0.2) is 0 Å². The van der Waals surface area contributed by atoms with E-state index in [4.69, 9.17) is 5.14 Å². The van der Waals surface area contributed by atoms with Crippen molar-refractivity contribution in [3.63, 3.8) is 0 Å². The molecule has 0 bridgehead atoms. The number of allylic oxidation sites excluding steroid dienone is 1. The van der Waals surface area contributed by atoms with Gasteiger partial charge in [0, 0.05) is 18.3 Å². The number of hydrogen-bond donors (Lipinski definition) is 1. The zero-order chi connectivity index (χ0) is 12.0. The van der Waals surface area contributed by atoms with Crippen LogP contribution in [0.4, 0.5) is 0 Å². The molecule has 0 unspecified atom stereocenters. The Morgan fingerprint density at radius 1 is 1.50 bits per heavy atom. The van der Waals surface area contributed by atoms with Gasteiger partial charge >= 0.3 is 0 Å². The second-order valence-electron chi connectivity index (χ2n) is 3.60. The van der Waals surface area contributed by atoms with Crippen LogP contribution >= 0.6 is 0 Å². The molecule has 4 nitrogen and oxygen atoms in total. The van der Waals surface area contributed by atoms with Crippen molar-refractivity contribution in [2.75, 3.05) is 0 Å². The van der Waals surface area contributed by atoms with Gasteiger partial charge in [-0.3, -0.25) is 4.98 Å². The van der Waals surface area contributed by atoms with Crippen molar-refractivity contribution in [2.24, 2.45) is 5.14 Å². The first-order valence-electron chi connectivity index (χ1n) is 5.06. The van der Waals surface area contributed by atoms with E-state index in [2.05, 4.69) is 11.6 Å². The molecule has 0 aliphatic heterocycles. The largest absolute Gasteiger partial charge is 0.261 e. The minimum atomic E-state index is -3.52. The highest BCUT2D eigenvalue weighted by Gasteiger charge is 2.21. The zero-order valence-electron chi connectivity index (χ0n) is 9.04. The quantitative estimate of drug-likeness (QED) is 0.760. The predicted octanol–water partition coefficient (Wildman–Crippen LogP) is 1.25. The lowest BCUT2D eigenvalue weighted by molar-refractivity contribution is 0.570. The van der Waals surface area contributed by atoms with E-state index in [9.17, 15) is 8.42 Å². The average Bonchev–Trinajstić information content (AvgIpc) is 2.24. The molecule has 16 heavy (non-hydrogen) atoms. The maximum atomic E-state index is 11.4. The summed E-state index contributed by atoms with van der Waals surface area (Å²) >= 11 is 0. The molecule has 1 rings (SSSR count). The molecule has 1 aromatic heterocycles. The SMILES string of the molecule is C=CCC[C@H](Cc1ccccn1)S(N)(=O)=O. The molecule has 0 aliphatic carbocycles. The van der Waals surface area contributed by atoms with E-state index >= 15 is 0 Å². The first-order valence-corrected chi connectivity index (χ1v) is 6.67. The lowest BCUT2D eigenvalue weighted by Gasteiger charge is -2.12. The number of nitrogens with zero attached hydrogens (tertiary/aromatic N) is 1. The van der Waals surface area contributed by atoms with E-state index in [1.807, 2.05) is 6.07 Å². The van der Waals surface area contributed by atoms with Crippen LogP contribution in [0.3, 0.4) is 0 Å². The molecule has 0 fully saturated rings. The molecule has 1 aromatic rings. The predicted molar refractivity (Wildman–Crippen MR) is 64.3 cm³/mol. The Bertz CT molecular complexity index is 429. The summed E-state index contributed by atoms with van der Waals surface area (Å²) in [5.41, 5.74) is 0.741. The molecule has 0 radical (unpaired) electrons.